The highest BCUT2D eigenvalue weighted by molar-refractivity contribution is 5.41. The van der Waals surface area contributed by atoms with Gasteiger partial charge in [0.1, 0.15) is 5.82 Å². The summed E-state index contributed by atoms with van der Waals surface area (Å²) in [7, 11) is 0. The number of nitrogens with zero attached hydrogens (tertiary/aromatic N) is 3. The van der Waals surface area contributed by atoms with Crippen molar-refractivity contribution in [1.29, 1.82) is 0 Å². The Morgan fingerprint density at radius 3 is 2.67 bits per heavy atom. The SMILES string of the molecule is NC1CCN(c2nccn(-c3ccccc3F)c2=O)CC1. The summed E-state index contributed by atoms with van der Waals surface area (Å²) in [6.07, 6.45) is 4.67. The highest BCUT2D eigenvalue weighted by Gasteiger charge is 2.20. The van der Waals surface area contributed by atoms with Crippen molar-refractivity contribution in [2.75, 3.05) is 18.0 Å². The van der Waals surface area contributed by atoms with Gasteiger partial charge in [-0.3, -0.25) is 9.36 Å². The Labute approximate surface area is 121 Å². The van der Waals surface area contributed by atoms with E-state index in [1.54, 1.807) is 18.2 Å². The summed E-state index contributed by atoms with van der Waals surface area (Å²) in [4.78, 5) is 18.7. The molecule has 0 bridgehead atoms. The number of hydrogen-bond donors (Lipinski definition) is 1. The Morgan fingerprint density at radius 2 is 1.95 bits per heavy atom. The van der Waals surface area contributed by atoms with Gasteiger partial charge in [0.05, 0.1) is 5.69 Å². The predicted octanol–water partition coefficient (Wildman–Crippen LogP) is 1.30. The normalized spacial score (nSPS) is 16.2. The molecule has 0 saturated carbocycles. The average molecular weight is 288 g/mol. The Kier molecular flexibility index (Phi) is 3.70. The highest BCUT2D eigenvalue weighted by atomic mass is 19.1. The van der Waals surface area contributed by atoms with E-state index in [0.717, 1.165) is 12.8 Å². The van der Waals surface area contributed by atoms with Gasteiger partial charge >= 0.3 is 0 Å². The maximum atomic E-state index is 13.9. The van der Waals surface area contributed by atoms with E-state index >= 15 is 0 Å². The molecule has 1 aliphatic rings. The molecule has 0 aliphatic carbocycles. The second-order valence-electron chi connectivity index (χ2n) is 5.20. The van der Waals surface area contributed by atoms with Crippen LogP contribution in [0.3, 0.4) is 0 Å². The molecule has 2 N–H and O–H groups in total. The lowest BCUT2D eigenvalue weighted by molar-refractivity contribution is 0.496. The largest absolute Gasteiger partial charge is 0.352 e. The van der Waals surface area contributed by atoms with Gasteiger partial charge in [-0.1, -0.05) is 12.1 Å². The molecule has 1 aliphatic heterocycles. The molecule has 5 nitrogen and oxygen atoms in total. The molecule has 21 heavy (non-hydrogen) atoms. The van der Waals surface area contributed by atoms with Crippen LogP contribution in [0.2, 0.25) is 0 Å². The number of anilines is 1. The Bertz CT molecular complexity index is 692. The Morgan fingerprint density at radius 1 is 1.24 bits per heavy atom. The molecule has 0 spiro atoms. The quantitative estimate of drug-likeness (QED) is 0.904. The number of rotatable bonds is 2. The van der Waals surface area contributed by atoms with Crippen LogP contribution in [0.25, 0.3) is 5.69 Å². The molecular formula is C15H17FN4O. The monoisotopic (exact) mass is 288 g/mol. The van der Waals surface area contributed by atoms with E-state index in [0.29, 0.717) is 18.9 Å². The van der Waals surface area contributed by atoms with Gasteiger partial charge in [0, 0.05) is 31.5 Å². The summed E-state index contributed by atoms with van der Waals surface area (Å²) in [5.74, 6) is -0.0786. The summed E-state index contributed by atoms with van der Waals surface area (Å²) in [6, 6.07) is 6.39. The molecular weight excluding hydrogens is 271 g/mol. The van der Waals surface area contributed by atoms with E-state index in [-0.39, 0.29) is 17.3 Å². The van der Waals surface area contributed by atoms with Crippen LogP contribution >= 0.6 is 0 Å². The van der Waals surface area contributed by atoms with E-state index < -0.39 is 5.82 Å². The number of para-hydroxylation sites is 1. The first-order chi connectivity index (χ1) is 10.2. The first-order valence-electron chi connectivity index (χ1n) is 7.00. The van der Waals surface area contributed by atoms with Gasteiger partial charge in [0.15, 0.2) is 5.82 Å². The fourth-order valence-corrected chi connectivity index (χ4v) is 2.57. The van der Waals surface area contributed by atoms with Gasteiger partial charge in [-0.15, -0.1) is 0 Å². The first-order valence-corrected chi connectivity index (χ1v) is 7.00. The molecule has 0 unspecified atom stereocenters. The number of halogens is 1. The zero-order valence-corrected chi connectivity index (χ0v) is 11.6. The Balaban J connectivity index is 2.00. The van der Waals surface area contributed by atoms with Gasteiger partial charge in [-0.2, -0.15) is 0 Å². The molecule has 3 rings (SSSR count). The first kappa shape index (κ1) is 13.8. The molecule has 1 fully saturated rings. The third kappa shape index (κ3) is 2.67. The van der Waals surface area contributed by atoms with Crippen molar-refractivity contribution < 1.29 is 4.39 Å². The third-order valence-electron chi connectivity index (χ3n) is 3.77. The number of aromatic nitrogens is 2. The Hall–Kier alpha value is -2.21. The average Bonchev–Trinajstić information content (AvgIpc) is 2.50. The molecule has 0 atom stereocenters. The standard InChI is InChI=1S/C15H17FN4O/c16-12-3-1-2-4-13(12)20-10-7-18-14(15(20)21)19-8-5-11(17)6-9-19/h1-4,7,10-11H,5-6,8-9,17H2. The van der Waals surface area contributed by atoms with Crippen LogP contribution in [0.15, 0.2) is 41.5 Å². The van der Waals surface area contributed by atoms with Crippen LogP contribution in [-0.4, -0.2) is 28.7 Å². The van der Waals surface area contributed by atoms with Crippen molar-refractivity contribution in [1.82, 2.24) is 9.55 Å². The summed E-state index contributed by atoms with van der Waals surface area (Å²) < 4.78 is 15.2. The molecule has 0 radical (unpaired) electrons. The van der Waals surface area contributed by atoms with Crippen molar-refractivity contribution >= 4 is 5.82 Å². The minimum absolute atomic E-state index is 0.179. The minimum Gasteiger partial charge on any atom is -0.352 e. The van der Waals surface area contributed by atoms with E-state index in [2.05, 4.69) is 4.98 Å². The van der Waals surface area contributed by atoms with Crippen LogP contribution in [0.4, 0.5) is 10.2 Å². The summed E-state index contributed by atoms with van der Waals surface area (Å²) in [6.45, 7) is 1.40. The molecule has 0 amide bonds. The predicted molar refractivity (Wildman–Crippen MR) is 79.2 cm³/mol. The smallest absolute Gasteiger partial charge is 0.298 e. The lowest BCUT2D eigenvalue weighted by Crippen LogP contribution is -2.43. The fraction of sp³-hybridized carbons (Fsp3) is 0.333. The topological polar surface area (TPSA) is 64.2 Å². The van der Waals surface area contributed by atoms with E-state index in [1.807, 2.05) is 4.90 Å². The minimum atomic E-state index is -0.433. The van der Waals surface area contributed by atoms with Crippen LogP contribution in [0.1, 0.15) is 12.8 Å². The zero-order valence-electron chi connectivity index (χ0n) is 11.6. The van der Waals surface area contributed by atoms with E-state index in [1.165, 1.54) is 23.0 Å². The van der Waals surface area contributed by atoms with Crippen molar-refractivity contribution in [2.24, 2.45) is 5.73 Å². The second-order valence-corrected chi connectivity index (χ2v) is 5.20. The van der Waals surface area contributed by atoms with Crippen molar-refractivity contribution in [3.8, 4) is 5.69 Å². The van der Waals surface area contributed by atoms with Gasteiger partial charge in [0.25, 0.3) is 5.56 Å². The van der Waals surface area contributed by atoms with Crippen molar-refractivity contribution in [2.45, 2.75) is 18.9 Å². The number of benzene rings is 1. The van der Waals surface area contributed by atoms with E-state index in [4.69, 9.17) is 5.73 Å². The molecule has 2 heterocycles. The number of piperidine rings is 1. The molecule has 1 aromatic heterocycles. The maximum Gasteiger partial charge on any atom is 0.298 e. The molecule has 6 heteroatoms. The van der Waals surface area contributed by atoms with Gasteiger partial charge < -0.3 is 10.6 Å². The zero-order chi connectivity index (χ0) is 14.8. The fourth-order valence-electron chi connectivity index (χ4n) is 2.57. The summed E-state index contributed by atoms with van der Waals surface area (Å²) in [5, 5.41) is 0. The molecule has 2 aromatic rings. The van der Waals surface area contributed by atoms with Crippen LogP contribution < -0.4 is 16.2 Å². The van der Waals surface area contributed by atoms with E-state index in [9.17, 15) is 9.18 Å². The molecule has 1 aromatic carbocycles. The molecule has 1 saturated heterocycles. The summed E-state index contributed by atoms with van der Waals surface area (Å²) >= 11 is 0. The maximum absolute atomic E-state index is 13.9. The van der Waals surface area contributed by atoms with Crippen LogP contribution in [0, 0.1) is 5.82 Å². The highest BCUT2D eigenvalue weighted by Crippen LogP contribution is 2.15. The van der Waals surface area contributed by atoms with Gasteiger partial charge in [0.2, 0.25) is 0 Å². The van der Waals surface area contributed by atoms with Crippen molar-refractivity contribution in [3.05, 3.63) is 52.8 Å². The second kappa shape index (κ2) is 5.65. The van der Waals surface area contributed by atoms with Gasteiger partial charge in [-0.05, 0) is 25.0 Å². The summed E-state index contributed by atoms with van der Waals surface area (Å²) in [5.41, 5.74) is 5.80. The van der Waals surface area contributed by atoms with Crippen LogP contribution in [0.5, 0.6) is 0 Å². The van der Waals surface area contributed by atoms with Crippen LogP contribution in [-0.2, 0) is 0 Å². The third-order valence-corrected chi connectivity index (χ3v) is 3.77. The lowest BCUT2D eigenvalue weighted by atomic mass is 10.1. The van der Waals surface area contributed by atoms with Crippen molar-refractivity contribution in [3.63, 3.8) is 0 Å². The number of nitrogens with two attached hydrogens (primary N) is 1. The molecule has 110 valence electrons. The van der Waals surface area contributed by atoms with Gasteiger partial charge in [-0.25, -0.2) is 9.37 Å². The number of hydrogen-bond acceptors (Lipinski definition) is 4. The lowest BCUT2D eigenvalue weighted by Gasteiger charge is -2.30.